The van der Waals surface area contributed by atoms with E-state index in [9.17, 15) is 14.4 Å². The molecule has 0 aromatic rings. The Morgan fingerprint density at radius 1 is 1.06 bits per heavy atom. The molecule has 0 saturated carbocycles. The summed E-state index contributed by atoms with van der Waals surface area (Å²) in [6.45, 7) is 3.40. The lowest BCUT2D eigenvalue weighted by Gasteiger charge is -2.18. The maximum atomic E-state index is 11.4. The zero-order valence-corrected chi connectivity index (χ0v) is 10.1. The van der Waals surface area contributed by atoms with Gasteiger partial charge in [0.05, 0.1) is 14.2 Å². The fraction of sp³-hybridized carbons (Fsp3) is 0.727. The van der Waals surface area contributed by atoms with Crippen molar-refractivity contribution in [1.82, 2.24) is 0 Å². The van der Waals surface area contributed by atoms with E-state index in [-0.39, 0.29) is 12.2 Å². The minimum atomic E-state index is -1.02. The molecule has 1 atom stereocenters. The molecule has 0 fully saturated rings. The lowest BCUT2D eigenvalue weighted by molar-refractivity contribution is -0.161. The first-order valence-electron chi connectivity index (χ1n) is 5.15. The summed E-state index contributed by atoms with van der Waals surface area (Å²) in [5.41, 5.74) is 0. The minimum Gasteiger partial charge on any atom is -0.468 e. The number of rotatable bonds is 6. The van der Waals surface area contributed by atoms with Crippen LogP contribution in [-0.4, -0.2) is 31.9 Å². The van der Waals surface area contributed by atoms with E-state index >= 15 is 0 Å². The molecule has 1 unspecified atom stereocenters. The van der Waals surface area contributed by atoms with Gasteiger partial charge in [-0.3, -0.25) is 14.4 Å². The van der Waals surface area contributed by atoms with Gasteiger partial charge in [-0.1, -0.05) is 13.8 Å². The quantitative estimate of drug-likeness (QED) is 0.502. The van der Waals surface area contributed by atoms with E-state index < -0.39 is 23.8 Å². The van der Waals surface area contributed by atoms with Gasteiger partial charge in [0, 0.05) is 12.8 Å². The van der Waals surface area contributed by atoms with E-state index in [1.54, 1.807) is 13.8 Å². The number of hydrogen-bond acceptors (Lipinski definition) is 5. The summed E-state index contributed by atoms with van der Waals surface area (Å²) in [6.07, 6.45) is 0.560. The van der Waals surface area contributed by atoms with Crippen LogP contribution in [0.25, 0.3) is 0 Å². The van der Waals surface area contributed by atoms with Crippen LogP contribution in [0.1, 0.15) is 26.7 Å². The highest BCUT2D eigenvalue weighted by Gasteiger charge is 2.34. The van der Waals surface area contributed by atoms with Gasteiger partial charge >= 0.3 is 11.9 Å². The van der Waals surface area contributed by atoms with Crippen molar-refractivity contribution in [2.45, 2.75) is 26.7 Å². The SMILES string of the molecule is CCC(=O)CC(C)C(C(=O)OC)C(=O)OC. The Morgan fingerprint density at radius 2 is 1.50 bits per heavy atom. The second-order valence-electron chi connectivity index (χ2n) is 3.60. The topological polar surface area (TPSA) is 69.7 Å². The highest BCUT2D eigenvalue weighted by Crippen LogP contribution is 2.19. The molecule has 5 heteroatoms. The van der Waals surface area contributed by atoms with Crippen molar-refractivity contribution in [3.63, 3.8) is 0 Å². The first-order valence-corrected chi connectivity index (χ1v) is 5.15. The van der Waals surface area contributed by atoms with Gasteiger partial charge in [-0.2, -0.15) is 0 Å². The van der Waals surface area contributed by atoms with Crippen molar-refractivity contribution in [2.24, 2.45) is 11.8 Å². The Morgan fingerprint density at radius 3 is 1.81 bits per heavy atom. The third-order valence-electron chi connectivity index (χ3n) is 2.42. The smallest absolute Gasteiger partial charge is 0.320 e. The molecule has 92 valence electrons. The first kappa shape index (κ1) is 14.6. The fourth-order valence-electron chi connectivity index (χ4n) is 1.44. The van der Waals surface area contributed by atoms with Crippen molar-refractivity contribution < 1.29 is 23.9 Å². The summed E-state index contributed by atoms with van der Waals surface area (Å²) in [5, 5.41) is 0. The normalized spacial score (nSPS) is 12.1. The number of ketones is 1. The molecule has 0 heterocycles. The molecule has 0 saturated heterocycles. The summed E-state index contributed by atoms with van der Waals surface area (Å²) in [6, 6.07) is 0. The number of esters is 2. The van der Waals surface area contributed by atoms with Gasteiger partial charge in [-0.25, -0.2) is 0 Å². The Balaban J connectivity index is 4.69. The van der Waals surface area contributed by atoms with Crippen LogP contribution in [0.5, 0.6) is 0 Å². The maximum absolute atomic E-state index is 11.4. The molecule has 0 spiro atoms. The molecule has 16 heavy (non-hydrogen) atoms. The average molecular weight is 230 g/mol. The van der Waals surface area contributed by atoms with Crippen molar-refractivity contribution in [3.05, 3.63) is 0 Å². The maximum Gasteiger partial charge on any atom is 0.320 e. The van der Waals surface area contributed by atoms with Gasteiger partial charge in [-0.15, -0.1) is 0 Å². The molecule has 0 aromatic heterocycles. The monoisotopic (exact) mass is 230 g/mol. The second-order valence-corrected chi connectivity index (χ2v) is 3.60. The lowest BCUT2D eigenvalue weighted by Crippen LogP contribution is -2.33. The Bertz CT molecular complexity index is 256. The molecular formula is C11H18O5. The van der Waals surface area contributed by atoms with E-state index in [0.717, 1.165) is 0 Å². The molecule has 0 amide bonds. The molecule has 0 rings (SSSR count). The number of Topliss-reactive ketones (excluding diaryl/α,β-unsaturated/α-hetero) is 1. The molecule has 0 N–H and O–H groups in total. The standard InChI is InChI=1S/C11H18O5/c1-5-8(12)6-7(2)9(10(13)15-3)11(14)16-4/h7,9H,5-6H2,1-4H3. The van der Waals surface area contributed by atoms with Crippen LogP contribution in [0.4, 0.5) is 0 Å². The first-order chi connectivity index (χ1) is 7.47. The molecule has 0 aliphatic rings. The number of methoxy groups -OCH3 is 2. The molecular weight excluding hydrogens is 212 g/mol. The highest BCUT2D eigenvalue weighted by atomic mass is 16.5. The Hall–Kier alpha value is -1.39. The van der Waals surface area contributed by atoms with Crippen LogP contribution >= 0.6 is 0 Å². The zero-order valence-electron chi connectivity index (χ0n) is 10.1. The number of hydrogen-bond donors (Lipinski definition) is 0. The van der Waals surface area contributed by atoms with Crippen LogP contribution in [0.2, 0.25) is 0 Å². The van der Waals surface area contributed by atoms with Crippen LogP contribution in [0.3, 0.4) is 0 Å². The number of carbonyl (C=O) groups excluding carboxylic acids is 3. The third-order valence-corrected chi connectivity index (χ3v) is 2.42. The number of ether oxygens (including phenoxy) is 2. The van der Waals surface area contributed by atoms with Gasteiger partial charge in [0.15, 0.2) is 5.92 Å². The van der Waals surface area contributed by atoms with Gasteiger partial charge in [0.1, 0.15) is 5.78 Å². The predicted octanol–water partition coefficient (Wildman–Crippen LogP) is 0.954. The summed E-state index contributed by atoms with van der Waals surface area (Å²) >= 11 is 0. The van der Waals surface area contributed by atoms with Gasteiger partial charge in [0.2, 0.25) is 0 Å². The Kier molecular flexibility index (Phi) is 6.37. The van der Waals surface area contributed by atoms with E-state index in [1.165, 1.54) is 14.2 Å². The third kappa shape index (κ3) is 4.00. The van der Waals surface area contributed by atoms with Crippen LogP contribution < -0.4 is 0 Å². The second kappa shape index (κ2) is 6.98. The minimum absolute atomic E-state index is 0.00491. The molecule has 0 aliphatic heterocycles. The van der Waals surface area contributed by atoms with Crippen molar-refractivity contribution >= 4 is 17.7 Å². The zero-order chi connectivity index (χ0) is 12.7. The highest BCUT2D eigenvalue weighted by molar-refractivity contribution is 5.95. The largest absolute Gasteiger partial charge is 0.468 e. The number of carbonyl (C=O) groups is 3. The predicted molar refractivity (Wildman–Crippen MR) is 56.6 cm³/mol. The van der Waals surface area contributed by atoms with Gasteiger partial charge < -0.3 is 9.47 Å². The van der Waals surface area contributed by atoms with Crippen LogP contribution in [0.15, 0.2) is 0 Å². The van der Waals surface area contributed by atoms with E-state index in [0.29, 0.717) is 6.42 Å². The van der Waals surface area contributed by atoms with E-state index in [2.05, 4.69) is 9.47 Å². The molecule has 0 aromatic carbocycles. The van der Waals surface area contributed by atoms with Gasteiger partial charge in [-0.05, 0) is 5.92 Å². The summed E-state index contributed by atoms with van der Waals surface area (Å²) in [7, 11) is 2.40. The van der Waals surface area contributed by atoms with Gasteiger partial charge in [0.25, 0.3) is 0 Å². The van der Waals surface area contributed by atoms with E-state index in [4.69, 9.17) is 0 Å². The molecule has 0 radical (unpaired) electrons. The van der Waals surface area contributed by atoms with Crippen LogP contribution in [0, 0.1) is 11.8 Å². The fourth-order valence-corrected chi connectivity index (χ4v) is 1.44. The summed E-state index contributed by atoms with van der Waals surface area (Å²) < 4.78 is 9.04. The van der Waals surface area contributed by atoms with Crippen molar-refractivity contribution in [1.29, 1.82) is 0 Å². The van der Waals surface area contributed by atoms with Crippen molar-refractivity contribution in [3.8, 4) is 0 Å². The molecule has 0 aliphatic carbocycles. The molecule has 5 nitrogen and oxygen atoms in total. The van der Waals surface area contributed by atoms with E-state index in [1.807, 2.05) is 0 Å². The van der Waals surface area contributed by atoms with Crippen LogP contribution in [-0.2, 0) is 23.9 Å². The van der Waals surface area contributed by atoms with Crippen molar-refractivity contribution in [2.75, 3.05) is 14.2 Å². The summed E-state index contributed by atoms with van der Waals surface area (Å²) in [5.74, 6) is -2.75. The summed E-state index contributed by atoms with van der Waals surface area (Å²) in [4.78, 5) is 34.0. The average Bonchev–Trinajstić information content (AvgIpc) is 2.28. The lowest BCUT2D eigenvalue weighted by atomic mass is 9.89. The molecule has 0 bridgehead atoms. The Labute approximate surface area is 95.1 Å².